The summed E-state index contributed by atoms with van der Waals surface area (Å²) in [7, 11) is -3.67. The summed E-state index contributed by atoms with van der Waals surface area (Å²) >= 11 is 5.94. The summed E-state index contributed by atoms with van der Waals surface area (Å²) < 4.78 is 27.8. The third-order valence-corrected chi connectivity index (χ3v) is 5.67. The predicted octanol–water partition coefficient (Wildman–Crippen LogP) is 2.02. The molecule has 8 heteroatoms. The van der Waals surface area contributed by atoms with Crippen molar-refractivity contribution in [3.05, 3.63) is 28.8 Å². The molecule has 1 heterocycles. The average molecular weight is 343 g/mol. The van der Waals surface area contributed by atoms with Crippen molar-refractivity contribution < 1.29 is 18.3 Å². The van der Waals surface area contributed by atoms with Crippen molar-refractivity contribution in [2.75, 3.05) is 0 Å². The van der Waals surface area contributed by atoms with Gasteiger partial charge in [0.15, 0.2) is 0 Å². The summed E-state index contributed by atoms with van der Waals surface area (Å²) in [5.41, 5.74) is 0.479. The van der Waals surface area contributed by atoms with Crippen LogP contribution in [0.5, 0.6) is 0 Å². The monoisotopic (exact) mass is 342 g/mol. The third kappa shape index (κ3) is 2.83. The first-order valence-corrected chi connectivity index (χ1v) is 8.83. The molecule has 118 valence electrons. The van der Waals surface area contributed by atoms with Gasteiger partial charge < -0.3 is 10.4 Å². The van der Waals surface area contributed by atoms with Crippen molar-refractivity contribution in [3.63, 3.8) is 0 Å². The molecular formula is C14H15ClN2O4S. The molecule has 2 aliphatic rings. The molecule has 0 bridgehead atoms. The Morgan fingerprint density at radius 3 is 2.59 bits per heavy atom. The van der Waals surface area contributed by atoms with Gasteiger partial charge in [0.1, 0.15) is 10.7 Å². The predicted molar refractivity (Wildman–Crippen MR) is 81.7 cm³/mol. The first-order chi connectivity index (χ1) is 10.4. The Morgan fingerprint density at radius 2 is 1.95 bits per heavy atom. The Hall–Kier alpha value is -1.60. The van der Waals surface area contributed by atoms with Crippen LogP contribution in [0, 0.1) is 5.92 Å². The standard InChI is InChI=1S/C14H15ClN2O4S/c15-9-3-6-12-11(7-9)13(17-22(12,20)21)16-10-4-1-8(2-5-10)14(18)19/h3,6-8,10H,1-2,4-5H2,(H,16,17)(H,18,19). The van der Waals surface area contributed by atoms with Crippen LogP contribution in [0.15, 0.2) is 27.5 Å². The SMILES string of the molecule is O=C(O)C1CCC(NC2=NS(=O)(=O)c3ccc(Cl)cc32)CC1. The lowest BCUT2D eigenvalue weighted by Crippen LogP contribution is -2.38. The van der Waals surface area contributed by atoms with E-state index in [0.29, 0.717) is 42.1 Å². The van der Waals surface area contributed by atoms with E-state index in [9.17, 15) is 13.2 Å². The number of benzene rings is 1. The van der Waals surface area contributed by atoms with Crippen LogP contribution in [-0.2, 0) is 14.8 Å². The molecule has 0 amide bonds. The number of hydrogen-bond acceptors (Lipinski definition) is 4. The van der Waals surface area contributed by atoms with E-state index in [1.807, 2.05) is 0 Å². The van der Waals surface area contributed by atoms with Crippen LogP contribution in [-0.4, -0.2) is 31.4 Å². The van der Waals surface area contributed by atoms with Gasteiger partial charge in [-0.3, -0.25) is 4.79 Å². The average Bonchev–Trinajstić information content (AvgIpc) is 2.70. The van der Waals surface area contributed by atoms with Crippen LogP contribution in [0.1, 0.15) is 31.2 Å². The van der Waals surface area contributed by atoms with Gasteiger partial charge in [-0.1, -0.05) is 11.6 Å². The van der Waals surface area contributed by atoms with E-state index < -0.39 is 16.0 Å². The molecule has 3 rings (SSSR count). The van der Waals surface area contributed by atoms with Gasteiger partial charge in [0.25, 0.3) is 10.0 Å². The number of rotatable bonds is 2. The summed E-state index contributed by atoms with van der Waals surface area (Å²) in [6, 6.07) is 4.58. The molecule has 2 N–H and O–H groups in total. The molecular weight excluding hydrogens is 328 g/mol. The van der Waals surface area contributed by atoms with Gasteiger partial charge in [0, 0.05) is 16.6 Å². The summed E-state index contributed by atoms with van der Waals surface area (Å²) in [4.78, 5) is 11.1. The number of halogens is 1. The Balaban J connectivity index is 1.78. The van der Waals surface area contributed by atoms with Crippen LogP contribution in [0.2, 0.25) is 5.02 Å². The molecule has 1 fully saturated rings. The fourth-order valence-corrected chi connectivity index (χ4v) is 4.25. The number of carboxylic acid groups (broad SMARTS) is 1. The number of carboxylic acids is 1. The molecule has 0 atom stereocenters. The van der Waals surface area contributed by atoms with Crippen molar-refractivity contribution in [2.24, 2.45) is 10.3 Å². The third-order valence-electron chi connectivity index (χ3n) is 4.10. The molecule has 0 radical (unpaired) electrons. The largest absolute Gasteiger partial charge is 0.481 e. The number of fused-ring (bicyclic) bond motifs is 1. The van der Waals surface area contributed by atoms with E-state index in [1.54, 1.807) is 6.07 Å². The van der Waals surface area contributed by atoms with Gasteiger partial charge >= 0.3 is 5.97 Å². The lowest BCUT2D eigenvalue weighted by molar-refractivity contribution is -0.142. The minimum absolute atomic E-state index is 0.0227. The van der Waals surface area contributed by atoms with Crippen LogP contribution in [0.3, 0.4) is 0 Å². The lowest BCUT2D eigenvalue weighted by atomic mass is 9.86. The smallest absolute Gasteiger partial charge is 0.306 e. The maximum atomic E-state index is 12.0. The van der Waals surface area contributed by atoms with Crippen molar-refractivity contribution in [3.8, 4) is 0 Å². The minimum Gasteiger partial charge on any atom is -0.481 e. The molecule has 1 aliphatic heterocycles. The first-order valence-electron chi connectivity index (χ1n) is 7.01. The fraction of sp³-hybridized carbons (Fsp3) is 0.429. The van der Waals surface area contributed by atoms with E-state index in [2.05, 4.69) is 9.71 Å². The quantitative estimate of drug-likeness (QED) is 0.857. The molecule has 1 aliphatic carbocycles. The first kappa shape index (κ1) is 15.3. The van der Waals surface area contributed by atoms with Crippen molar-refractivity contribution >= 4 is 33.4 Å². The second-order valence-corrected chi connectivity index (χ2v) is 7.60. The minimum atomic E-state index is -3.67. The summed E-state index contributed by atoms with van der Waals surface area (Å²) in [5, 5.41) is 12.6. The summed E-state index contributed by atoms with van der Waals surface area (Å²) in [6.45, 7) is 0. The molecule has 0 saturated heterocycles. The zero-order chi connectivity index (χ0) is 15.9. The van der Waals surface area contributed by atoms with Gasteiger partial charge in [-0.05, 0) is 43.9 Å². The molecule has 1 aromatic rings. The van der Waals surface area contributed by atoms with Gasteiger partial charge in [-0.2, -0.15) is 8.42 Å². The number of aliphatic carboxylic acids is 1. The molecule has 0 unspecified atom stereocenters. The highest BCUT2D eigenvalue weighted by Crippen LogP contribution is 2.30. The molecule has 0 spiro atoms. The highest BCUT2D eigenvalue weighted by Gasteiger charge is 2.32. The van der Waals surface area contributed by atoms with E-state index in [1.165, 1.54) is 12.1 Å². The maximum absolute atomic E-state index is 12.0. The zero-order valence-corrected chi connectivity index (χ0v) is 13.2. The van der Waals surface area contributed by atoms with Crippen LogP contribution < -0.4 is 5.32 Å². The molecule has 1 aromatic carbocycles. The topological polar surface area (TPSA) is 95.8 Å². The van der Waals surface area contributed by atoms with E-state index in [-0.39, 0.29) is 16.9 Å². The second-order valence-electron chi connectivity index (χ2n) is 5.59. The lowest BCUT2D eigenvalue weighted by Gasteiger charge is -2.27. The number of nitrogens with one attached hydrogen (secondary N) is 1. The van der Waals surface area contributed by atoms with Crippen molar-refractivity contribution in [2.45, 2.75) is 36.6 Å². The van der Waals surface area contributed by atoms with E-state index in [4.69, 9.17) is 16.7 Å². The summed E-state index contributed by atoms with van der Waals surface area (Å²) in [5.74, 6) is -0.776. The number of amidine groups is 1. The highest BCUT2D eigenvalue weighted by molar-refractivity contribution is 7.90. The highest BCUT2D eigenvalue weighted by atomic mass is 35.5. The van der Waals surface area contributed by atoms with Gasteiger partial charge in [0.2, 0.25) is 0 Å². The van der Waals surface area contributed by atoms with Gasteiger partial charge in [0.05, 0.1) is 5.92 Å². The summed E-state index contributed by atoms with van der Waals surface area (Å²) in [6.07, 6.45) is 2.50. The Bertz CT molecular complexity index is 752. The van der Waals surface area contributed by atoms with Gasteiger partial charge in [-0.15, -0.1) is 4.40 Å². The fourth-order valence-electron chi connectivity index (χ4n) is 2.91. The number of carbonyl (C=O) groups is 1. The Labute approximate surface area is 133 Å². The van der Waals surface area contributed by atoms with Crippen LogP contribution >= 0.6 is 11.6 Å². The van der Waals surface area contributed by atoms with Gasteiger partial charge in [-0.25, -0.2) is 0 Å². The number of nitrogens with zero attached hydrogens (tertiary/aromatic N) is 1. The van der Waals surface area contributed by atoms with Crippen LogP contribution in [0.25, 0.3) is 0 Å². The molecule has 1 saturated carbocycles. The molecule has 6 nitrogen and oxygen atoms in total. The maximum Gasteiger partial charge on any atom is 0.306 e. The van der Waals surface area contributed by atoms with E-state index in [0.717, 1.165) is 0 Å². The van der Waals surface area contributed by atoms with Crippen molar-refractivity contribution in [1.29, 1.82) is 0 Å². The molecule has 0 aromatic heterocycles. The van der Waals surface area contributed by atoms with Crippen molar-refractivity contribution in [1.82, 2.24) is 5.32 Å². The van der Waals surface area contributed by atoms with E-state index >= 15 is 0 Å². The molecule has 22 heavy (non-hydrogen) atoms. The Kier molecular flexibility index (Phi) is 3.86. The number of hydrogen-bond donors (Lipinski definition) is 2. The second kappa shape index (κ2) is 5.55. The normalized spacial score (nSPS) is 26.1. The number of sulfonamides is 1. The Morgan fingerprint density at radius 1 is 1.27 bits per heavy atom. The van der Waals surface area contributed by atoms with Crippen LogP contribution in [0.4, 0.5) is 0 Å². The zero-order valence-electron chi connectivity index (χ0n) is 11.6.